The average Bonchev–Trinajstić information content (AvgIpc) is 2.27. The molecular formula is C13H27NO. The fourth-order valence-corrected chi connectivity index (χ4v) is 2.75. The highest BCUT2D eigenvalue weighted by molar-refractivity contribution is 4.82. The van der Waals surface area contributed by atoms with Crippen molar-refractivity contribution in [2.24, 2.45) is 11.8 Å². The van der Waals surface area contributed by atoms with Gasteiger partial charge in [-0.1, -0.05) is 27.2 Å². The summed E-state index contributed by atoms with van der Waals surface area (Å²) in [6, 6.07) is 0.662. The Hall–Kier alpha value is -0.0800. The Labute approximate surface area is 94.8 Å². The lowest BCUT2D eigenvalue weighted by Gasteiger charge is -2.34. The summed E-state index contributed by atoms with van der Waals surface area (Å²) >= 11 is 0. The molecular weight excluding hydrogens is 186 g/mol. The number of rotatable bonds is 6. The van der Waals surface area contributed by atoms with Gasteiger partial charge >= 0.3 is 0 Å². The summed E-state index contributed by atoms with van der Waals surface area (Å²) in [5.41, 5.74) is 0. The molecule has 0 aromatic carbocycles. The molecule has 1 fully saturated rings. The van der Waals surface area contributed by atoms with Crippen LogP contribution >= 0.6 is 0 Å². The van der Waals surface area contributed by atoms with Crippen molar-refractivity contribution >= 4 is 0 Å². The van der Waals surface area contributed by atoms with Gasteiger partial charge in [-0.15, -0.1) is 0 Å². The highest BCUT2D eigenvalue weighted by Gasteiger charge is 2.27. The third kappa shape index (κ3) is 4.12. The van der Waals surface area contributed by atoms with Crippen molar-refractivity contribution in [1.82, 2.24) is 5.32 Å². The lowest BCUT2D eigenvalue weighted by molar-refractivity contribution is 0.0296. The fraction of sp³-hybridized carbons (Fsp3) is 1.00. The molecule has 0 amide bonds. The Morgan fingerprint density at radius 2 is 2.20 bits per heavy atom. The minimum Gasteiger partial charge on any atom is -0.381 e. The van der Waals surface area contributed by atoms with E-state index in [0.29, 0.717) is 6.04 Å². The van der Waals surface area contributed by atoms with Gasteiger partial charge in [-0.2, -0.15) is 0 Å². The van der Waals surface area contributed by atoms with Gasteiger partial charge in [0.15, 0.2) is 0 Å². The number of hydrogen-bond donors (Lipinski definition) is 1. The van der Waals surface area contributed by atoms with E-state index in [0.717, 1.165) is 31.6 Å². The second-order valence-electron chi connectivity index (χ2n) is 4.83. The van der Waals surface area contributed by atoms with E-state index >= 15 is 0 Å². The second-order valence-corrected chi connectivity index (χ2v) is 4.83. The van der Waals surface area contributed by atoms with Crippen molar-refractivity contribution in [3.63, 3.8) is 0 Å². The van der Waals surface area contributed by atoms with Crippen molar-refractivity contribution in [2.75, 3.05) is 19.8 Å². The SMILES string of the molecule is CCCC(C)C(NCC)C1CCCOC1. The Bertz CT molecular complexity index is 155. The Morgan fingerprint density at radius 3 is 2.73 bits per heavy atom. The molecule has 1 saturated heterocycles. The van der Waals surface area contributed by atoms with E-state index in [-0.39, 0.29) is 0 Å². The summed E-state index contributed by atoms with van der Waals surface area (Å²) in [6.07, 6.45) is 5.20. The predicted molar refractivity (Wildman–Crippen MR) is 65.1 cm³/mol. The van der Waals surface area contributed by atoms with E-state index < -0.39 is 0 Å². The third-order valence-electron chi connectivity index (χ3n) is 3.50. The zero-order valence-electron chi connectivity index (χ0n) is 10.6. The normalized spacial score (nSPS) is 26.2. The van der Waals surface area contributed by atoms with E-state index in [1.165, 1.54) is 25.7 Å². The maximum Gasteiger partial charge on any atom is 0.0509 e. The van der Waals surface area contributed by atoms with Crippen LogP contribution < -0.4 is 5.32 Å². The quantitative estimate of drug-likeness (QED) is 0.732. The van der Waals surface area contributed by atoms with Gasteiger partial charge in [-0.3, -0.25) is 0 Å². The molecule has 1 aliphatic rings. The van der Waals surface area contributed by atoms with E-state index in [9.17, 15) is 0 Å². The molecule has 0 aliphatic carbocycles. The third-order valence-corrected chi connectivity index (χ3v) is 3.50. The summed E-state index contributed by atoms with van der Waals surface area (Å²) < 4.78 is 5.60. The summed E-state index contributed by atoms with van der Waals surface area (Å²) in [5.74, 6) is 1.52. The average molecular weight is 213 g/mol. The fourth-order valence-electron chi connectivity index (χ4n) is 2.75. The molecule has 0 radical (unpaired) electrons. The largest absolute Gasteiger partial charge is 0.381 e. The Morgan fingerprint density at radius 1 is 1.40 bits per heavy atom. The highest BCUT2D eigenvalue weighted by Crippen LogP contribution is 2.24. The molecule has 2 nitrogen and oxygen atoms in total. The smallest absolute Gasteiger partial charge is 0.0509 e. The van der Waals surface area contributed by atoms with Crippen LogP contribution in [0.3, 0.4) is 0 Å². The maximum atomic E-state index is 5.60. The standard InChI is InChI=1S/C13H27NO/c1-4-7-11(3)13(14-5-2)12-8-6-9-15-10-12/h11-14H,4-10H2,1-3H3. The minimum atomic E-state index is 0.662. The van der Waals surface area contributed by atoms with Gasteiger partial charge in [-0.25, -0.2) is 0 Å². The van der Waals surface area contributed by atoms with Gasteiger partial charge in [0.2, 0.25) is 0 Å². The predicted octanol–water partition coefficient (Wildman–Crippen LogP) is 2.83. The van der Waals surface area contributed by atoms with Gasteiger partial charge in [0.1, 0.15) is 0 Å². The summed E-state index contributed by atoms with van der Waals surface area (Å²) in [7, 11) is 0. The van der Waals surface area contributed by atoms with Crippen LogP contribution in [-0.2, 0) is 4.74 Å². The number of nitrogens with one attached hydrogen (secondary N) is 1. The molecule has 2 heteroatoms. The van der Waals surface area contributed by atoms with Crippen LogP contribution in [0.1, 0.15) is 46.5 Å². The Kier molecular flexibility index (Phi) is 6.26. The van der Waals surface area contributed by atoms with Crippen molar-refractivity contribution in [3.8, 4) is 0 Å². The second kappa shape index (κ2) is 7.24. The minimum absolute atomic E-state index is 0.662. The molecule has 0 aromatic rings. The van der Waals surface area contributed by atoms with Crippen LogP contribution in [0.4, 0.5) is 0 Å². The molecule has 15 heavy (non-hydrogen) atoms. The molecule has 1 N–H and O–H groups in total. The molecule has 3 unspecified atom stereocenters. The highest BCUT2D eigenvalue weighted by atomic mass is 16.5. The van der Waals surface area contributed by atoms with Gasteiger partial charge in [0.25, 0.3) is 0 Å². The lowest BCUT2D eigenvalue weighted by Crippen LogP contribution is -2.44. The van der Waals surface area contributed by atoms with E-state index in [1.54, 1.807) is 0 Å². The van der Waals surface area contributed by atoms with Gasteiger partial charge in [0, 0.05) is 12.6 Å². The summed E-state index contributed by atoms with van der Waals surface area (Å²) in [5, 5.41) is 3.66. The molecule has 90 valence electrons. The van der Waals surface area contributed by atoms with Gasteiger partial charge in [0.05, 0.1) is 6.61 Å². The van der Waals surface area contributed by atoms with Crippen molar-refractivity contribution < 1.29 is 4.74 Å². The van der Waals surface area contributed by atoms with Crippen LogP contribution in [0, 0.1) is 11.8 Å². The topological polar surface area (TPSA) is 21.3 Å². The van der Waals surface area contributed by atoms with Crippen molar-refractivity contribution in [1.29, 1.82) is 0 Å². The first-order valence-electron chi connectivity index (χ1n) is 6.60. The lowest BCUT2D eigenvalue weighted by atomic mass is 9.83. The molecule has 0 bridgehead atoms. The molecule has 3 atom stereocenters. The molecule has 0 saturated carbocycles. The zero-order chi connectivity index (χ0) is 11.1. The maximum absolute atomic E-state index is 5.60. The first kappa shape index (κ1) is 13.0. The molecule has 1 aliphatic heterocycles. The van der Waals surface area contributed by atoms with Crippen LogP contribution in [-0.4, -0.2) is 25.8 Å². The molecule has 1 rings (SSSR count). The van der Waals surface area contributed by atoms with Gasteiger partial charge in [-0.05, 0) is 37.6 Å². The van der Waals surface area contributed by atoms with E-state index in [1.807, 2.05) is 0 Å². The van der Waals surface area contributed by atoms with Crippen LogP contribution in [0.25, 0.3) is 0 Å². The number of hydrogen-bond acceptors (Lipinski definition) is 2. The van der Waals surface area contributed by atoms with E-state index in [4.69, 9.17) is 4.74 Å². The molecule has 0 spiro atoms. The molecule has 1 heterocycles. The van der Waals surface area contributed by atoms with Crippen LogP contribution in [0.15, 0.2) is 0 Å². The first-order valence-corrected chi connectivity index (χ1v) is 6.60. The first-order chi connectivity index (χ1) is 7.29. The number of ether oxygens (including phenoxy) is 1. The molecule has 0 aromatic heterocycles. The zero-order valence-corrected chi connectivity index (χ0v) is 10.6. The Balaban J connectivity index is 2.46. The van der Waals surface area contributed by atoms with Crippen molar-refractivity contribution in [2.45, 2.75) is 52.5 Å². The van der Waals surface area contributed by atoms with Crippen LogP contribution in [0.2, 0.25) is 0 Å². The summed E-state index contributed by atoms with van der Waals surface area (Å²) in [4.78, 5) is 0. The van der Waals surface area contributed by atoms with Crippen LogP contribution in [0.5, 0.6) is 0 Å². The van der Waals surface area contributed by atoms with E-state index in [2.05, 4.69) is 26.1 Å². The van der Waals surface area contributed by atoms with Gasteiger partial charge < -0.3 is 10.1 Å². The summed E-state index contributed by atoms with van der Waals surface area (Å²) in [6.45, 7) is 9.87. The monoisotopic (exact) mass is 213 g/mol. The van der Waals surface area contributed by atoms with Crippen molar-refractivity contribution in [3.05, 3.63) is 0 Å².